The molecule has 0 aromatic heterocycles. The van der Waals surface area contributed by atoms with Crippen molar-refractivity contribution in [2.24, 2.45) is 0 Å². The van der Waals surface area contributed by atoms with Crippen LogP contribution < -0.4 is 10.1 Å². The van der Waals surface area contributed by atoms with E-state index in [1.54, 1.807) is 24.3 Å². The summed E-state index contributed by atoms with van der Waals surface area (Å²) in [6.45, 7) is 4.02. The Morgan fingerprint density at radius 3 is 2.16 bits per heavy atom. The predicted molar refractivity (Wildman–Crippen MR) is 121 cm³/mol. The Morgan fingerprint density at radius 2 is 1.53 bits per heavy atom. The maximum Gasteiger partial charge on any atom is 0.278 e. The van der Waals surface area contributed by atoms with E-state index in [-0.39, 0.29) is 35.6 Å². The zero-order valence-electron chi connectivity index (χ0n) is 17.8. The van der Waals surface area contributed by atoms with Gasteiger partial charge in [-0.05, 0) is 61.4 Å². The number of carbonyl (C=O) groups is 2. The zero-order chi connectivity index (χ0) is 22.7. The van der Waals surface area contributed by atoms with E-state index in [9.17, 15) is 14.0 Å². The number of hydrogen-bond acceptors (Lipinski definition) is 4. The number of ether oxygens (including phenoxy) is 1. The minimum absolute atomic E-state index is 0.0202. The van der Waals surface area contributed by atoms with E-state index in [1.807, 2.05) is 44.2 Å². The molecule has 0 fully saturated rings. The second-order valence-electron chi connectivity index (χ2n) is 7.75. The number of benzene rings is 3. The van der Waals surface area contributed by atoms with E-state index in [1.165, 1.54) is 29.2 Å². The average molecular weight is 430 g/mol. The summed E-state index contributed by atoms with van der Waals surface area (Å²) >= 11 is 0. The Morgan fingerprint density at radius 1 is 0.875 bits per heavy atom. The Hall–Kier alpha value is -3.93. The Balaban J connectivity index is 1.71. The van der Waals surface area contributed by atoms with Crippen LogP contribution >= 0.6 is 0 Å². The van der Waals surface area contributed by atoms with Gasteiger partial charge < -0.3 is 10.1 Å². The SMILES string of the molecule is CC(C)Oc1ccc(C2=C(Nc3ccc(F)cc3)C(=O)N(Cc3ccccc3)C2=O)cc1. The number of halogens is 1. The summed E-state index contributed by atoms with van der Waals surface area (Å²) in [4.78, 5) is 27.8. The van der Waals surface area contributed by atoms with E-state index in [2.05, 4.69) is 5.32 Å². The van der Waals surface area contributed by atoms with Gasteiger partial charge >= 0.3 is 0 Å². The van der Waals surface area contributed by atoms with Crippen LogP contribution in [0, 0.1) is 5.82 Å². The van der Waals surface area contributed by atoms with Crippen LogP contribution in [-0.4, -0.2) is 22.8 Å². The third kappa shape index (κ3) is 4.54. The van der Waals surface area contributed by atoms with Crippen LogP contribution in [0.2, 0.25) is 0 Å². The Kier molecular flexibility index (Phi) is 6.03. The van der Waals surface area contributed by atoms with Crippen LogP contribution in [0.3, 0.4) is 0 Å². The van der Waals surface area contributed by atoms with Crippen molar-refractivity contribution in [3.05, 3.63) is 102 Å². The van der Waals surface area contributed by atoms with Gasteiger partial charge in [-0.15, -0.1) is 0 Å². The topological polar surface area (TPSA) is 58.6 Å². The van der Waals surface area contributed by atoms with Crippen molar-refractivity contribution in [1.82, 2.24) is 4.90 Å². The van der Waals surface area contributed by atoms with Gasteiger partial charge in [0.15, 0.2) is 0 Å². The number of hydrogen-bond donors (Lipinski definition) is 1. The first kappa shape index (κ1) is 21.3. The lowest BCUT2D eigenvalue weighted by Gasteiger charge is -2.15. The van der Waals surface area contributed by atoms with Crippen LogP contribution in [-0.2, 0) is 16.1 Å². The van der Waals surface area contributed by atoms with Gasteiger partial charge in [-0.1, -0.05) is 42.5 Å². The molecule has 0 spiro atoms. The summed E-state index contributed by atoms with van der Waals surface area (Å²) in [7, 11) is 0. The molecule has 3 aromatic rings. The molecule has 0 atom stereocenters. The molecule has 0 radical (unpaired) electrons. The molecule has 1 N–H and O–H groups in total. The molecule has 0 unspecified atom stereocenters. The van der Waals surface area contributed by atoms with Gasteiger partial charge in [0, 0.05) is 5.69 Å². The second-order valence-corrected chi connectivity index (χ2v) is 7.75. The first-order valence-corrected chi connectivity index (χ1v) is 10.4. The van der Waals surface area contributed by atoms with Crippen LogP contribution in [0.5, 0.6) is 5.75 Å². The van der Waals surface area contributed by atoms with E-state index in [0.29, 0.717) is 17.0 Å². The number of anilines is 1. The fourth-order valence-electron chi connectivity index (χ4n) is 3.52. The van der Waals surface area contributed by atoms with Gasteiger partial charge in [0.25, 0.3) is 11.8 Å². The highest BCUT2D eigenvalue weighted by Crippen LogP contribution is 2.32. The molecule has 0 saturated heterocycles. The molecule has 0 bridgehead atoms. The normalized spacial score (nSPS) is 13.8. The van der Waals surface area contributed by atoms with Crippen molar-refractivity contribution in [3.8, 4) is 5.75 Å². The molecule has 32 heavy (non-hydrogen) atoms. The maximum absolute atomic E-state index is 13.4. The van der Waals surface area contributed by atoms with E-state index in [4.69, 9.17) is 4.74 Å². The summed E-state index contributed by atoms with van der Waals surface area (Å²) in [5.41, 5.74) is 2.39. The van der Waals surface area contributed by atoms with Gasteiger partial charge in [-0.2, -0.15) is 0 Å². The fraction of sp³-hybridized carbons (Fsp3) is 0.154. The molecule has 5 nitrogen and oxygen atoms in total. The van der Waals surface area contributed by atoms with Crippen molar-refractivity contribution in [2.45, 2.75) is 26.5 Å². The fourth-order valence-corrected chi connectivity index (χ4v) is 3.52. The smallest absolute Gasteiger partial charge is 0.278 e. The van der Waals surface area contributed by atoms with Gasteiger partial charge in [0.1, 0.15) is 17.3 Å². The molecular weight excluding hydrogens is 407 g/mol. The van der Waals surface area contributed by atoms with Gasteiger partial charge in [0.05, 0.1) is 18.2 Å². The summed E-state index contributed by atoms with van der Waals surface area (Å²) in [5, 5.41) is 3.03. The molecule has 1 aliphatic heterocycles. The minimum Gasteiger partial charge on any atom is -0.491 e. The highest BCUT2D eigenvalue weighted by atomic mass is 19.1. The van der Waals surface area contributed by atoms with E-state index in [0.717, 1.165) is 5.56 Å². The molecule has 1 aliphatic rings. The molecule has 6 heteroatoms. The minimum atomic E-state index is -0.430. The first-order chi connectivity index (χ1) is 15.4. The zero-order valence-corrected chi connectivity index (χ0v) is 17.8. The van der Waals surface area contributed by atoms with Gasteiger partial charge in [-0.3, -0.25) is 14.5 Å². The van der Waals surface area contributed by atoms with Crippen molar-refractivity contribution in [3.63, 3.8) is 0 Å². The number of nitrogens with zero attached hydrogens (tertiary/aromatic N) is 1. The van der Waals surface area contributed by atoms with Gasteiger partial charge in [0.2, 0.25) is 0 Å². The third-order valence-electron chi connectivity index (χ3n) is 4.98. The average Bonchev–Trinajstić information content (AvgIpc) is 3.00. The molecule has 162 valence electrons. The van der Waals surface area contributed by atoms with Crippen LogP contribution in [0.25, 0.3) is 5.57 Å². The Labute approximate surface area is 186 Å². The molecule has 0 saturated carbocycles. The Bertz CT molecular complexity index is 1150. The predicted octanol–water partition coefficient (Wildman–Crippen LogP) is 5.01. The van der Waals surface area contributed by atoms with Crippen LogP contribution in [0.4, 0.5) is 10.1 Å². The van der Waals surface area contributed by atoms with Crippen LogP contribution in [0.1, 0.15) is 25.0 Å². The van der Waals surface area contributed by atoms with E-state index < -0.39 is 5.91 Å². The lowest BCUT2D eigenvalue weighted by atomic mass is 10.0. The third-order valence-corrected chi connectivity index (χ3v) is 4.98. The number of amides is 2. The molecule has 4 rings (SSSR count). The highest BCUT2D eigenvalue weighted by molar-refractivity contribution is 6.36. The lowest BCUT2D eigenvalue weighted by Crippen LogP contribution is -2.31. The highest BCUT2D eigenvalue weighted by Gasteiger charge is 2.39. The maximum atomic E-state index is 13.4. The van der Waals surface area contributed by atoms with Gasteiger partial charge in [-0.25, -0.2) is 4.39 Å². The lowest BCUT2D eigenvalue weighted by molar-refractivity contribution is -0.137. The number of rotatable bonds is 7. The largest absolute Gasteiger partial charge is 0.491 e. The summed E-state index contributed by atoms with van der Waals surface area (Å²) in [5.74, 6) is -0.526. The summed E-state index contributed by atoms with van der Waals surface area (Å²) in [6.07, 6.45) is 0.0202. The monoisotopic (exact) mass is 430 g/mol. The molecule has 0 aliphatic carbocycles. The number of carbonyl (C=O) groups excluding carboxylic acids is 2. The van der Waals surface area contributed by atoms with Crippen molar-refractivity contribution < 1.29 is 18.7 Å². The quantitative estimate of drug-likeness (QED) is 0.536. The second kappa shape index (κ2) is 9.06. The molecule has 2 amide bonds. The molecule has 1 heterocycles. The number of nitrogens with one attached hydrogen (secondary N) is 1. The van der Waals surface area contributed by atoms with Crippen LogP contribution in [0.15, 0.2) is 84.6 Å². The molecule has 3 aromatic carbocycles. The first-order valence-electron chi connectivity index (χ1n) is 10.4. The van der Waals surface area contributed by atoms with Crippen molar-refractivity contribution in [2.75, 3.05) is 5.32 Å². The van der Waals surface area contributed by atoms with Crippen molar-refractivity contribution >= 4 is 23.1 Å². The van der Waals surface area contributed by atoms with E-state index >= 15 is 0 Å². The molecular formula is C26H23FN2O3. The van der Waals surface area contributed by atoms with Crippen molar-refractivity contribution in [1.29, 1.82) is 0 Å². The standard InChI is InChI=1S/C26H23FN2O3/c1-17(2)32-22-14-8-19(9-15-22)23-24(28-21-12-10-20(27)11-13-21)26(31)29(25(23)30)16-18-6-4-3-5-7-18/h3-15,17,28H,16H2,1-2H3. The summed E-state index contributed by atoms with van der Waals surface area (Å²) < 4.78 is 19.0. The number of imide groups is 1. The summed E-state index contributed by atoms with van der Waals surface area (Å²) in [6, 6.07) is 22.0.